The van der Waals surface area contributed by atoms with Crippen molar-refractivity contribution < 1.29 is 29.6 Å². The smallest absolute Gasteiger partial charge is 0.306 e. The molecule has 1 saturated heterocycles. The third kappa shape index (κ3) is 9.31. The molecule has 1 heterocycles. The van der Waals surface area contributed by atoms with Crippen LogP contribution in [0.5, 0.6) is 0 Å². The zero-order valence-electron chi connectivity index (χ0n) is 16.3. The zero-order chi connectivity index (χ0) is 19.2. The molecule has 0 saturated carbocycles. The lowest BCUT2D eigenvalue weighted by Gasteiger charge is -2.36. The highest BCUT2D eigenvalue weighted by atomic mass is 16.6. The average Bonchev–Trinajstić information content (AvgIpc) is 2.64. The summed E-state index contributed by atoms with van der Waals surface area (Å²) in [6, 6.07) is 0. The summed E-state index contributed by atoms with van der Waals surface area (Å²) in [6.45, 7) is 1.85. The van der Waals surface area contributed by atoms with Gasteiger partial charge in [0.05, 0.1) is 13.2 Å². The fourth-order valence-electron chi connectivity index (χ4n) is 3.28. The second-order valence-electron chi connectivity index (χ2n) is 7.35. The molecule has 4 atom stereocenters. The van der Waals surface area contributed by atoms with Gasteiger partial charge in [-0.15, -0.1) is 0 Å². The Hall–Kier alpha value is -0.690. The van der Waals surface area contributed by atoms with Gasteiger partial charge < -0.3 is 24.8 Å². The van der Waals surface area contributed by atoms with Gasteiger partial charge in [0.1, 0.15) is 18.3 Å². The third-order valence-electron chi connectivity index (χ3n) is 5.03. The largest absolute Gasteiger partial charge is 0.457 e. The molecule has 0 bridgehead atoms. The minimum atomic E-state index is -1.24. The van der Waals surface area contributed by atoms with Crippen LogP contribution in [-0.2, 0) is 14.3 Å². The minimum Gasteiger partial charge on any atom is -0.457 e. The van der Waals surface area contributed by atoms with Crippen LogP contribution in [0.2, 0.25) is 0 Å². The van der Waals surface area contributed by atoms with Gasteiger partial charge >= 0.3 is 5.97 Å². The lowest BCUT2D eigenvalue weighted by molar-refractivity contribution is -0.210. The Labute approximate surface area is 157 Å². The number of aliphatic hydroxyl groups is 3. The van der Waals surface area contributed by atoms with Gasteiger partial charge in [0.15, 0.2) is 6.10 Å². The van der Waals surface area contributed by atoms with Crippen LogP contribution >= 0.6 is 0 Å². The van der Waals surface area contributed by atoms with Crippen LogP contribution in [0.15, 0.2) is 0 Å². The number of carbonyl (C=O) groups is 1. The molecule has 0 aromatic heterocycles. The van der Waals surface area contributed by atoms with Crippen molar-refractivity contribution in [2.45, 2.75) is 108 Å². The maximum absolute atomic E-state index is 11.9. The molecule has 3 N–H and O–H groups in total. The molecule has 0 radical (unpaired) electrons. The first-order valence-corrected chi connectivity index (χ1v) is 10.4. The number of esters is 1. The molecule has 0 amide bonds. The van der Waals surface area contributed by atoms with Crippen LogP contribution in [0.4, 0.5) is 0 Å². The second kappa shape index (κ2) is 14.4. The van der Waals surface area contributed by atoms with Crippen molar-refractivity contribution in [2.75, 3.05) is 13.2 Å². The first-order chi connectivity index (χ1) is 12.6. The first-order valence-electron chi connectivity index (χ1n) is 10.4. The zero-order valence-corrected chi connectivity index (χ0v) is 16.3. The van der Waals surface area contributed by atoms with E-state index in [2.05, 4.69) is 6.92 Å². The standard InChI is InChI=1S/C20H38O6/c1-2-3-4-5-6-7-8-9-10-11-12-13-18(22)26-17-15-25-16(14-21)19(23)20(17)24/h16-17,19-21,23-24H,2-15H2,1H3/t16-,17-,19-,20-/m1/s1. The van der Waals surface area contributed by atoms with Crippen molar-refractivity contribution >= 4 is 5.97 Å². The van der Waals surface area contributed by atoms with E-state index in [0.29, 0.717) is 6.42 Å². The third-order valence-corrected chi connectivity index (χ3v) is 5.03. The van der Waals surface area contributed by atoms with E-state index in [1.54, 1.807) is 0 Å². The van der Waals surface area contributed by atoms with Gasteiger partial charge in [0.2, 0.25) is 0 Å². The van der Waals surface area contributed by atoms with Gasteiger partial charge in [-0.25, -0.2) is 0 Å². The maximum atomic E-state index is 11.9. The summed E-state index contributed by atoms with van der Waals surface area (Å²) in [6.07, 6.45) is 9.55. The van der Waals surface area contributed by atoms with Crippen molar-refractivity contribution in [1.82, 2.24) is 0 Å². The van der Waals surface area contributed by atoms with Crippen LogP contribution in [0.3, 0.4) is 0 Å². The van der Waals surface area contributed by atoms with Crippen molar-refractivity contribution in [3.05, 3.63) is 0 Å². The molecular formula is C20H38O6. The molecule has 6 nitrogen and oxygen atoms in total. The number of aliphatic hydroxyl groups excluding tert-OH is 3. The Kier molecular flexibility index (Phi) is 12.9. The molecule has 1 aliphatic heterocycles. The van der Waals surface area contributed by atoms with Crippen molar-refractivity contribution in [3.8, 4) is 0 Å². The molecule has 0 aliphatic carbocycles. The number of unbranched alkanes of at least 4 members (excludes halogenated alkanes) is 10. The molecule has 0 aromatic carbocycles. The molecule has 1 rings (SSSR count). The lowest BCUT2D eigenvalue weighted by Crippen LogP contribution is -2.55. The number of hydrogen-bond acceptors (Lipinski definition) is 6. The monoisotopic (exact) mass is 374 g/mol. The topological polar surface area (TPSA) is 96.2 Å². The highest BCUT2D eigenvalue weighted by Crippen LogP contribution is 2.19. The van der Waals surface area contributed by atoms with Crippen LogP contribution < -0.4 is 0 Å². The Balaban J connectivity index is 1.99. The quantitative estimate of drug-likeness (QED) is 0.320. The van der Waals surface area contributed by atoms with Crippen LogP contribution in [0.1, 0.15) is 84.0 Å². The normalized spacial score (nSPS) is 26.0. The molecule has 154 valence electrons. The molecule has 0 spiro atoms. The molecule has 1 fully saturated rings. The molecule has 0 unspecified atom stereocenters. The Morgan fingerprint density at radius 3 is 2.00 bits per heavy atom. The summed E-state index contributed by atoms with van der Waals surface area (Å²) < 4.78 is 10.4. The fourth-order valence-corrected chi connectivity index (χ4v) is 3.28. The molecule has 26 heavy (non-hydrogen) atoms. The summed E-state index contributed by atoms with van der Waals surface area (Å²) in [5, 5.41) is 28.7. The summed E-state index contributed by atoms with van der Waals surface area (Å²) in [5.41, 5.74) is 0. The number of ether oxygens (including phenoxy) is 2. The van der Waals surface area contributed by atoms with Gasteiger partial charge in [-0.05, 0) is 6.42 Å². The van der Waals surface area contributed by atoms with Gasteiger partial charge in [0, 0.05) is 6.42 Å². The number of carbonyl (C=O) groups excluding carboxylic acids is 1. The van der Waals surface area contributed by atoms with E-state index in [9.17, 15) is 15.0 Å². The predicted molar refractivity (Wildman–Crippen MR) is 99.8 cm³/mol. The van der Waals surface area contributed by atoms with Crippen LogP contribution in [-0.4, -0.2) is 58.9 Å². The van der Waals surface area contributed by atoms with E-state index in [1.165, 1.54) is 51.4 Å². The van der Waals surface area contributed by atoms with Gasteiger partial charge in [-0.2, -0.15) is 0 Å². The van der Waals surface area contributed by atoms with Crippen LogP contribution in [0.25, 0.3) is 0 Å². The summed E-state index contributed by atoms with van der Waals surface area (Å²) >= 11 is 0. The number of rotatable bonds is 14. The highest BCUT2D eigenvalue weighted by molar-refractivity contribution is 5.69. The van der Waals surface area contributed by atoms with Crippen LogP contribution in [0, 0.1) is 0 Å². The molecule has 0 aromatic rings. The SMILES string of the molecule is CCCCCCCCCCCCCC(=O)O[C@@H]1CO[C@H](CO)[C@@H](O)[C@@H]1O. The fraction of sp³-hybridized carbons (Fsp3) is 0.950. The van der Waals surface area contributed by atoms with E-state index in [1.807, 2.05) is 0 Å². The van der Waals surface area contributed by atoms with E-state index in [-0.39, 0.29) is 19.2 Å². The lowest BCUT2D eigenvalue weighted by atomic mass is 10.0. The molecular weight excluding hydrogens is 336 g/mol. The Morgan fingerprint density at radius 1 is 0.923 bits per heavy atom. The van der Waals surface area contributed by atoms with Crippen molar-refractivity contribution in [2.24, 2.45) is 0 Å². The van der Waals surface area contributed by atoms with Crippen molar-refractivity contribution in [1.29, 1.82) is 0 Å². The summed E-state index contributed by atoms with van der Waals surface area (Å²) in [7, 11) is 0. The average molecular weight is 375 g/mol. The first kappa shape index (κ1) is 23.3. The van der Waals surface area contributed by atoms with Gasteiger partial charge in [-0.1, -0.05) is 71.1 Å². The minimum absolute atomic E-state index is 0.00650. The second-order valence-corrected chi connectivity index (χ2v) is 7.35. The molecule has 6 heteroatoms. The van der Waals surface area contributed by atoms with E-state index < -0.39 is 24.4 Å². The van der Waals surface area contributed by atoms with Gasteiger partial charge in [0.25, 0.3) is 0 Å². The highest BCUT2D eigenvalue weighted by Gasteiger charge is 2.40. The number of hydrogen-bond donors (Lipinski definition) is 3. The molecule has 1 aliphatic rings. The summed E-state index contributed by atoms with van der Waals surface area (Å²) in [5.74, 6) is -0.372. The summed E-state index contributed by atoms with van der Waals surface area (Å²) in [4.78, 5) is 11.9. The van der Waals surface area contributed by atoms with E-state index in [4.69, 9.17) is 14.6 Å². The predicted octanol–water partition coefficient (Wildman–Crippen LogP) is 2.71. The van der Waals surface area contributed by atoms with E-state index in [0.717, 1.165) is 19.3 Å². The van der Waals surface area contributed by atoms with Gasteiger partial charge in [-0.3, -0.25) is 4.79 Å². The Bertz CT molecular complexity index is 362. The van der Waals surface area contributed by atoms with E-state index >= 15 is 0 Å². The maximum Gasteiger partial charge on any atom is 0.306 e. The van der Waals surface area contributed by atoms with Crippen molar-refractivity contribution in [3.63, 3.8) is 0 Å². The Morgan fingerprint density at radius 2 is 1.46 bits per heavy atom.